The Balaban J connectivity index is 1.33. The van der Waals surface area contributed by atoms with Crippen molar-refractivity contribution >= 4 is 16.9 Å². The Morgan fingerprint density at radius 3 is 2.70 bits per heavy atom. The first-order valence-corrected chi connectivity index (χ1v) is 9.97. The van der Waals surface area contributed by atoms with Gasteiger partial charge in [-0.1, -0.05) is 42.5 Å². The van der Waals surface area contributed by atoms with Crippen LogP contribution in [0.1, 0.15) is 33.4 Å². The maximum absolute atomic E-state index is 13.0. The van der Waals surface area contributed by atoms with Crippen LogP contribution in [0.2, 0.25) is 0 Å². The van der Waals surface area contributed by atoms with Crippen LogP contribution in [0, 0.1) is 0 Å². The van der Waals surface area contributed by atoms with Gasteiger partial charge in [-0.15, -0.1) is 0 Å². The minimum Gasteiger partial charge on any atom is -0.445 e. The van der Waals surface area contributed by atoms with E-state index in [-0.39, 0.29) is 11.6 Å². The third-order valence-corrected chi connectivity index (χ3v) is 5.33. The number of oxazole rings is 1. The van der Waals surface area contributed by atoms with Crippen LogP contribution in [0.15, 0.2) is 63.8 Å². The van der Waals surface area contributed by atoms with Crippen LogP contribution in [-0.2, 0) is 25.8 Å². The second-order valence-corrected chi connectivity index (χ2v) is 7.37. The van der Waals surface area contributed by atoms with Crippen LogP contribution in [0.4, 0.5) is 0 Å². The lowest BCUT2D eigenvalue weighted by atomic mass is 10.1. The first-order valence-electron chi connectivity index (χ1n) is 9.97. The molecule has 0 saturated heterocycles. The molecule has 0 saturated carbocycles. The van der Waals surface area contributed by atoms with Gasteiger partial charge in [-0.25, -0.2) is 9.97 Å². The van der Waals surface area contributed by atoms with Crippen LogP contribution in [-0.4, -0.2) is 32.3 Å². The van der Waals surface area contributed by atoms with Gasteiger partial charge in [0.1, 0.15) is 11.5 Å². The molecule has 5 rings (SSSR count). The number of fused-ring (bicyclic) bond motifs is 2. The van der Waals surface area contributed by atoms with E-state index in [9.17, 15) is 9.59 Å². The van der Waals surface area contributed by atoms with Gasteiger partial charge in [0.05, 0.1) is 17.6 Å². The molecule has 1 amide bonds. The number of amides is 1. The zero-order chi connectivity index (χ0) is 20.5. The van der Waals surface area contributed by atoms with Gasteiger partial charge in [0.25, 0.3) is 11.5 Å². The summed E-state index contributed by atoms with van der Waals surface area (Å²) in [6.07, 6.45) is 2.13. The van der Waals surface area contributed by atoms with E-state index < -0.39 is 5.56 Å². The highest BCUT2D eigenvalue weighted by Gasteiger charge is 2.28. The Kier molecular flexibility index (Phi) is 4.63. The molecular formula is C23H20N4O3. The monoisotopic (exact) mass is 400 g/mol. The highest BCUT2D eigenvalue weighted by Crippen LogP contribution is 2.22. The number of hydrogen-bond acceptors (Lipinski definition) is 5. The SMILES string of the molecule is O=C(c1nc2ccccc2[nH]c1=O)N1CCc2oc(CCc3ccccc3)nc2C1. The van der Waals surface area contributed by atoms with Crippen LogP contribution >= 0.6 is 0 Å². The number of benzene rings is 2. The predicted molar refractivity (Wildman–Crippen MR) is 111 cm³/mol. The molecule has 2 aromatic heterocycles. The van der Waals surface area contributed by atoms with Crippen molar-refractivity contribution in [3.05, 3.63) is 93.6 Å². The van der Waals surface area contributed by atoms with Crippen molar-refractivity contribution < 1.29 is 9.21 Å². The minimum atomic E-state index is -0.479. The second kappa shape index (κ2) is 7.59. The van der Waals surface area contributed by atoms with Crippen LogP contribution in [0.3, 0.4) is 0 Å². The normalized spacial score (nSPS) is 13.4. The highest BCUT2D eigenvalue weighted by molar-refractivity contribution is 5.93. The molecule has 7 heteroatoms. The largest absolute Gasteiger partial charge is 0.445 e. The first kappa shape index (κ1) is 18.3. The molecule has 0 atom stereocenters. The van der Waals surface area contributed by atoms with Gasteiger partial charge in [0.2, 0.25) is 0 Å². The highest BCUT2D eigenvalue weighted by atomic mass is 16.4. The first-order chi connectivity index (χ1) is 14.7. The van der Waals surface area contributed by atoms with Crippen molar-refractivity contribution in [2.24, 2.45) is 0 Å². The molecular weight excluding hydrogens is 380 g/mol. The molecule has 3 heterocycles. The van der Waals surface area contributed by atoms with Gasteiger partial charge in [0.15, 0.2) is 11.6 Å². The molecule has 2 aromatic carbocycles. The summed E-state index contributed by atoms with van der Waals surface area (Å²) in [5.74, 6) is 1.11. The fraction of sp³-hybridized carbons (Fsp3) is 0.217. The van der Waals surface area contributed by atoms with Gasteiger partial charge in [-0.3, -0.25) is 9.59 Å². The van der Waals surface area contributed by atoms with E-state index in [0.29, 0.717) is 42.9 Å². The van der Waals surface area contributed by atoms with Crippen LogP contribution in [0.25, 0.3) is 11.0 Å². The zero-order valence-corrected chi connectivity index (χ0v) is 16.3. The number of carbonyl (C=O) groups excluding carboxylic acids is 1. The molecule has 0 unspecified atom stereocenters. The van der Waals surface area contributed by atoms with Crippen molar-refractivity contribution in [2.45, 2.75) is 25.8 Å². The van der Waals surface area contributed by atoms with E-state index in [1.807, 2.05) is 30.3 Å². The number of aryl methyl sites for hydroxylation is 2. The van der Waals surface area contributed by atoms with E-state index in [4.69, 9.17) is 4.42 Å². The molecule has 0 fully saturated rings. The van der Waals surface area contributed by atoms with Crippen LogP contribution in [0.5, 0.6) is 0 Å². The Morgan fingerprint density at radius 1 is 1.03 bits per heavy atom. The number of hydrogen-bond donors (Lipinski definition) is 1. The number of carbonyl (C=O) groups is 1. The third-order valence-electron chi connectivity index (χ3n) is 5.33. The van der Waals surface area contributed by atoms with Gasteiger partial charge in [0, 0.05) is 19.4 Å². The number of nitrogens with one attached hydrogen (secondary N) is 1. The van der Waals surface area contributed by atoms with Gasteiger partial charge < -0.3 is 14.3 Å². The summed E-state index contributed by atoms with van der Waals surface area (Å²) in [5.41, 5.74) is 2.61. The van der Waals surface area contributed by atoms with Crippen molar-refractivity contribution in [2.75, 3.05) is 6.54 Å². The fourth-order valence-corrected chi connectivity index (χ4v) is 3.75. The standard InChI is InChI=1S/C23H20N4O3/c28-22-21(25-16-8-4-5-9-17(16)26-22)23(29)27-13-12-19-18(14-27)24-20(30-19)11-10-15-6-2-1-3-7-15/h1-9H,10-14H2,(H,26,28). The molecule has 30 heavy (non-hydrogen) atoms. The maximum atomic E-state index is 13.0. The van der Waals surface area contributed by atoms with Crippen molar-refractivity contribution in [1.29, 1.82) is 0 Å². The average Bonchev–Trinajstić information content (AvgIpc) is 3.19. The lowest BCUT2D eigenvalue weighted by Crippen LogP contribution is -2.39. The summed E-state index contributed by atoms with van der Waals surface area (Å²) >= 11 is 0. The Labute approximate surface area is 172 Å². The zero-order valence-electron chi connectivity index (χ0n) is 16.3. The summed E-state index contributed by atoms with van der Waals surface area (Å²) in [7, 11) is 0. The average molecular weight is 400 g/mol. The molecule has 0 radical (unpaired) electrons. The summed E-state index contributed by atoms with van der Waals surface area (Å²) in [6, 6.07) is 17.4. The molecule has 4 aromatic rings. The third kappa shape index (κ3) is 3.50. The van der Waals surface area contributed by atoms with E-state index >= 15 is 0 Å². The van der Waals surface area contributed by atoms with Crippen molar-refractivity contribution in [3.8, 4) is 0 Å². The molecule has 0 aliphatic carbocycles. The number of para-hydroxylation sites is 2. The van der Waals surface area contributed by atoms with Gasteiger partial charge >= 0.3 is 0 Å². The lowest BCUT2D eigenvalue weighted by molar-refractivity contribution is 0.0720. The quantitative estimate of drug-likeness (QED) is 0.569. The van der Waals surface area contributed by atoms with E-state index in [0.717, 1.165) is 17.9 Å². The smallest absolute Gasteiger partial charge is 0.280 e. The number of nitrogens with zero attached hydrogens (tertiary/aromatic N) is 3. The van der Waals surface area contributed by atoms with Crippen LogP contribution < -0.4 is 5.56 Å². The maximum Gasteiger partial charge on any atom is 0.280 e. The summed E-state index contributed by atoms with van der Waals surface area (Å²) in [6.45, 7) is 0.782. The van der Waals surface area contributed by atoms with Crippen molar-refractivity contribution in [1.82, 2.24) is 19.9 Å². The molecule has 0 spiro atoms. The topological polar surface area (TPSA) is 92.1 Å². The van der Waals surface area contributed by atoms with E-state index in [1.165, 1.54) is 5.56 Å². The van der Waals surface area contributed by atoms with E-state index in [2.05, 4.69) is 27.1 Å². The second-order valence-electron chi connectivity index (χ2n) is 7.37. The number of aromatic nitrogens is 3. The minimum absolute atomic E-state index is 0.0926. The predicted octanol–water partition coefficient (Wildman–Crippen LogP) is 2.89. The Hall–Kier alpha value is -3.74. The lowest BCUT2D eigenvalue weighted by Gasteiger charge is -2.24. The molecule has 7 nitrogen and oxygen atoms in total. The van der Waals surface area contributed by atoms with E-state index in [1.54, 1.807) is 17.0 Å². The molecule has 1 aliphatic rings. The Bertz CT molecular complexity index is 1280. The fourth-order valence-electron chi connectivity index (χ4n) is 3.75. The molecule has 1 N–H and O–H groups in total. The summed E-state index contributed by atoms with van der Waals surface area (Å²) in [4.78, 5) is 38.6. The Morgan fingerprint density at radius 2 is 1.83 bits per heavy atom. The van der Waals surface area contributed by atoms with Gasteiger partial charge in [-0.2, -0.15) is 0 Å². The number of H-pyrrole nitrogens is 1. The molecule has 1 aliphatic heterocycles. The summed E-state index contributed by atoms with van der Waals surface area (Å²) in [5, 5.41) is 0. The van der Waals surface area contributed by atoms with Gasteiger partial charge in [-0.05, 0) is 24.1 Å². The summed E-state index contributed by atoms with van der Waals surface area (Å²) < 4.78 is 5.91. The molecule has 150 valence electrons. The number of rotatable bonds is 4. The number of aromatic amines is 1. The van der Waals surface area contributed by atoms with Crippen molar-refractivity contribution in [3.63, 3.8) is 0 Å². The molecule has 0 bridgehead atoms.